The molecule has 2 aliphatic rings. The van der Waals surface area contributed by atoms with Crippen molar-refractivity contribution in [2.75, 3.05) is 32.7 Å². The molecule has 2 N–H and O–H groups in total. The average Bonchev–Trinajstić information content (AvgIpc) is 3.51. The third kappa shape index (κ3) is 6.15. The number of carbonyl (C=O) groups excluding carboxylic acids is 2. The molecule has 29 heavy (non-hydrogen) atoms. The molecule has 3 rings (SSSR count). The molecule has 2 amide bonds. The summed E-state index contributed by atoms with van der Waals surface area (Å²) in [5, 5.41) is 3.34. The maximum absolute atomic E-state index is 12.4. The van der Waals surface area contributed by atoms with Crippen molar-refractivity contribution in [3.05, 3.63) is 29.3 Å². The van der Waals surface area contributed by atoms with Crippen molar-refractivity contribution in [1.29, 1.82) is 0 Å². The Bertz CT molecular complexity index is 852. The molecule has 1 aromatic rings. The molecule has 0 spiro atoms. The first kappa shape index (κ1) is 22.0. The summed E-state index contributed by atoms with van der Waals surface area (Å²) < 4.78 is 27.0. The number of benzene rings is 1. The number of halogens is 1. The standard InChI is InChI=1S/C19H27ClN4O4S/c1-14(19(26)22-16-5-6-16)23-9-11-24(12-10-23)18(25)7-8-21-29(27,28)17-4-2-3-15(20)13-17/h2-4,13-14,16,21H,5-12H2,1H3,(H,22,26). The van der Waals surface area contributed by atoms with Crippen molar-refractivity contribution in [2.24, 2.45) is 0 Å². The summed E-state index contributed by atoms with van der Waals surface area (Å²) in [5.41, 5.74) is 0. The average molecular weight is 443 g/mol. The van der Waals surface area contributed by atoms with Gasteiger partial charge in [-0.05, 0) is 38.0 Å². The van der Waals surface area contributed by atoms with Gasteiger partial charge in [0.2, 0.25) is 21.8 Å². The second kappa shape index (κ2) is 9.42. The minimum atomic E-state index is -3.70. The normalized spacial score (nSPS) is 19.0. The molecule has 160 valence electrons. The predicted molar refractivity (Wildman–Crippen MR) is 110 cm³/mol. The fraction of sp³-hybridized carbons (Fsp3) is 0.579. The van der Waals surface area contributed by atoms with Crippen LogP contribution in [0.5, 0.6) is 0 Å². The summed E-state index contributed by atoms with van der Waals surface area (Å²) in [7, 11) is -3.70. The molecular formula is C19H27ClN4O4S. The summed E-state index contributed by atoms with van der Waals surface area (Å²) in [4.78, 5) is 28.4. The lowest BCUT2D eigenvalue weighted by molar-refractivity contribution is -0.134. The smallest absolute Gasteiger partial charge is 0.240 e. The zero-order valence-corrected chi connectivity index (χ0v) is 18.0. The van der Waals surface area contributed by atoms with Gasteiger partial charge < -0.3 is 10.2 Å². The van der Waals surface area contributed by atoms with Crippen LogP contribution in [0.4, 0.5) is 0 Å². The molecule has 0 aromatic heterocycles. The maximum Gasteiger partial charge on any atom is 0.240 e. The van der Waals surface area contributed by atoms with Gasteiger partial charge in [0, 0.05) is 50.2 Å². The first-order chi connectivity index (χ1) is 13.8. The Morgan fingerprint density at radius 3 is 2.52 bits per heavy atom. The van der Waals surface area contributed by atoms with E-state index in [4.69, 9.17) is 11.6 Å². The molecule has 1 saturated heterocycles. The first-order valence-electron chi connectivity index (χ1n) is 9.84. The van der Waals surface area contributed by atoms with Crippen LogP contribution in [0, 0.1) is 0 Å². The van der Waals surface area contributed by atoms with Crippen molar-refractivity contribution in [3.8, 4) is 0 Å². The summed E-state index contributed by atoms with van der Waals surface area (Å²) in [6.45, 7) is 4.22. The number of carbonyl (C=O) groups is 2. The Morgan fingerprint density at radius 2 is 1.90 bits per heavy atom. The molecule has 1 unspecified atom stereocenters. The van der Waals surface area contributed by atoms with Crippen LogP contribution in [-0.4, -0.2) is 74.8 Å². The number of hydrogen-bond acceptors (Lipinski definition) is 5. The lowest BCUT2D eigenvalue weighted by Crippen LogP contribution is -2.55. The molecule has 8 nitrogen and oxygen atoms in total. The van der Waals surface area contributed by atoms with Gasteiger partial charge in [0.1, 0.15) is 0 Å². The van der Waals surface area contributed by atoms with Gasteiger partial charge in [-0.25, -0.2) is 13.1 Å². The highest BCUT2D eigenvalue weighted by molar-refractivity contribution is 7.89. The van der Waals surface area contributed by atoms with Crippen molar-refractivity contribution in [1.82, 2.24) is 19.8 Å². The van der Waals surface area contributed by atoms with E-state index in [1.165, 1.54) is 12.1 Å². The number of nitrogens with zero attached hydrogens (tertiary/aromatic N) is 2. The van der Waals surface area contributed by atoms with Gasteiger partial charge in [-0.15, -0.1) is 0 Å². The third-order valence-electron chi connectivity index (χ3n) is 5.26. The van der Waals surface area contributed by atoms with E-state index in [9.17, 15) is 18.0 Å². The molecule has 1 aliphatic heterocycles. The maximum atomic E-state index is 12.4. The summed E-state index contributed by atoms with van der Waals surface area (Å²) in [6, 6.07) is 6.11. The van der Waals surface area contributed by atoms with Crippen molar-refractivity contribution >= 4 is 33.4 Å². The van der Waals surface area contributed by atoms with Gasteiger partial charge in [0.25, 0.3) is 0 Å². The van der Waals surface area contributed by atoms with E-state index < -0.39 is 10.0 Å². The van der Waals surface area contributed by atoms with Crippen LogP contribution in [0.2, 0.25) is 5.02 Å². The second-order valence-corrected chi connectivity index (χ2v) is 9.68. The molecule has 1 aromatic carbocycles. The lowest BCUT2D eigenvalue weighted by Gasteiger charge is -2.37. The van der Waals surface area contributed by atoms with Crippen LogP contribution in [0.25, 0.3) is 0 Å². The molecule has 10 heteroatoms. The number of nitrogens with one attached hydrogen (secondary N) is 2. The Balaban J connectivity index is 1.41. The highest BCUT2D eigenvalue weighted by Crippen LogP contribution is 2.19. The van der Waals surface area contributed by atoms with E-state index in [0.717, 1.165) is 12.8 Å². The van der Waals surface area contributed by atoms with E-state index in [1.807, 2.05) is 6.92 Å². The summed E-state index contributed by atoms with van der Waals surface area (Å²) in [5.74, 6) is -0.0590. The Labute approximate surface area is 176 Å². The number of amides is 2. The van der Waals surface area contributed by atoms with Crippen LogP contribution >= 0.6 is 11.6 Å². The SMILES string of the molecule is CC(C(=O)NC1CC1)N1CCN(C(=O)CCNS(=O)(=O)c2cccc(Cl)c2)CC1. The minimum Gasteiger partial charge on any atom is -0.352 e. The number of sulfonamides is 1. The molecule has 1 heterocycles. The lowest BCUT2D eigenvalue weighted by atomic mass is 10.2. The predicted octanol–water partition coefficient (Wildman–Crippen LogP) is 0.820. The monoisotopic (exact) mass is 442 g/mol. The fourth-order valence-corrected chi connectivity index (χ4v) is 4.57. The Hall–Kier alpha value is -1.68. The Kier molecular flexibility index (Phi) is 7.15. The minimum absolute atomic E-state index is 0.0219. The topological polar surface area (TPSA) is 98.8 Å². The fourth-order valence-electron chi connectivity index (χ4n) is 3.24. The van der Waals surface area contributed by atoms with E-state index in [1.54, 1.807) is 17.0 Å². The van der Waals surface area contributed by atoms with E-state index >= 15 is 0 Å². The highest BCUT2D eigenvalue weighted by atomic mass is 35.5. The molecule has 0 radical (unpaired) electrons. The summed E-state index contributed by atoms with van der Waals surface area (Å²) in [6.07, 6.45) is 2.20. The zero-order valence-electron chi connectivity index (χ0n) is 16.4. The molecule has 1 aliphatic carbocycles. The number of hydrogen-bond donors (Lipinski definition) is 2. The van der Waals surface area contributed by atoms with Gasteiger partial charge in [-0.3, -0.25) is 14.5 Å². The highest BCUT2D eigenvalue weighted by Gasteiger charge is 2.30. The Morgan fingerprint density at radius 1 is 1.21 bits per heavy atom. The first-order valence-corrected chi connectivity index (χ1v) is 11.7. The van der Waals surface area contributed by atoms with Crippen LogP contribution in [0.1, 0.15) is 26.2 Å². The van der Waals surface area contributed by atoms with E-state index in [0.29, 0.717) is 37.2 Å². The van der Waals surface area contributed by atoms with E-state index in [-0.39, 0.29) is 35.7 Å². The van der Waals surface area contributed by atoms with Crippen LogP contribution in [0.3, 0.4) is 0 Å². The van der Waals surface area contributed by atoms with Crippen LogP contribution in [-0.2, 0) is 19.6 Å². The molecular weight excluding hydrogens is 416 g/mol. The van der Waals surface area contributed by atoms with Gasteiger partial charge in [0.05, 0.1) is 10.9 Å². The number of piperazine rings is 1. The van der Waals surface area contributed by atoms with Crippen molar-refractivity contribution in [3.63, 3.8) is 0 Å². The van der Waals surface area contributed by atoms with Gasteiger partial charge >= 0.3 is 0 Å². The second-order valence-electron chi connectivity index (χ2n) is 7.48. The van der Waals surface area contributed by atoms with Crippen molar-refractivity contribution < 1.29 is 18.0 Å². The zero-order chi connectivity index (χ0) is 21.0. The quantitative estimate of drug-likeness (QED) is 0.621. The molecule has 2 fully saturated rings. The summed E-state index contributed by atoms with van der Waals surface area (Å²) >= 11 is 5.84. The van der Waals surface area contributed by atoms with Crippen LogP contribution < -0.4 is 10.0 Å². The molecule has 1 saturated carbocycles. The molecule has 0 bridgehead atoms. The van der Waals surface area contributed by atoms with E-state index in [2.05, 4.69) is 14.9 Å². The largest absolute Gasteiger partial charge is 0.352 e. The van der Waals surface area contributed by atoms with Gasteiger partial charge in [0.15, 0.2) is 0 Å². The number of rotatable bonds is 8. The third-order valence-corrected chi connectivity index (χ3v) is 6.95. The molecule has 1 atom stereocenters. The van der Waals surface area contributed by atoms with Gasteiger partial charge in [-0.1, -0.05) is 17.7 Å². The van der Waals surface area contributed by atoms with Crippen molar-refractivity contribution in [2.45, 2.75) is 43.2 Å². The van der Waals surface area contributed by atoms with Gasteiger partial charge in [-0.2, -0.15) is 0 Å². The van der Waals surface area contributed by atoms with Crippen LogP contribution in [0.15, 0.2) is 29.2 Å².